The molecule has 1 amide bonds. The van der Waals surface area contributed by atoms with Gasteiger partial charge in [0.1, 0.15) is 5.84 Å². The number of hydrazine groups is 1. The van der Waals surface area contributed by atoms with Crippen LogP contribution in [0.4, 0.5) is 10.2 Å². The fraction of sp³-hybridized carbons (Fsp3) is 0.200. The van der Waals surface area contributed by atoms with Gasteiger partial charge in [-0.3, -0.25) is 19.6 Å². The van der Waals surface area contributed by atoms with Crippen LogP contribution in [-0.4, -0.2) is 69.7 Å². The Labute approximate surface area is 212 Å². The van der Waals surface area contributed by atoms with Crippen LogP contribution in [0.2, 0.25) is 0 Å². The van der Waals surface area contributed by atoms with E-state index >= 15 is 0 Å². The number of pyridine rings is 1. The first kappa shape index (κ1) is 25.2. The van der Waals surface area contributed by atoms with E-state index in [0.717, 1.165) is 16.8 Å². The number of hydrogen-bond acceptors (Lipinski definition) is 8. The molecule has 0 radical (unpaired) electrons. The van der Waals surface area contributed by atoms with Gasteiger partial charge in [0.2, 0.25) is 6.19 Å². The van der Waals surface area contributed by atoms with Gasteiger partial charge in [-0.2, -0.15) is 10.3 Å². The molecule has 1 aliphatic heterocycles. The molecule has 1 saturated heterocycles. The number of piperazine rings is 1. The van der Waals surface area contributed by atoms with Crippen molar-refractivity contribution < 1.29 is 14.0 Å². The van der Waals surface area contributed by atoms with E-state index in [1.54, 1.807) is 6.92 Å². The number of amidine groups is 1. The zero-order chi connectivity index (χ0) is 26.5. The summed E-state index contributed by atoms with van der Waals surface area (Å²) >= 11 is 0. The van der Waals surface area contributed by atoms with Gasteiger partial charge in [0.15, 0.2) is 11.6 Å². The molecule has 11 nitrogen and oxygen atoms in total. The average Bonchev–Trinajstić information content (AvgIpc) is 3.36. The van der Waals surface area contributed by atoms with Gasteiger partial charge in [-0.25, -0.2) is 15.2 Å². The molecular weight excluding hydrogens is 477 g/mol. The predicted molar refractivity (Wildman–Crippen MR) is 137 cm³/mol. The second-order valence-corrected chi connectivity index (χ2v) is 8.29. The van der Waals surface area contributed by atoms with Crippen LogP contribution in [0.3, 0.4) is 0 Å². The normalized spacial score (nSPS) is 16.2. The van der Waals surface area contributed by atoms with Crippen molar-refractivity contribution in [1.82, 2.24) is 19.8 Å². The SMILES string of the molecule is C=N/C=C\N(N)c1ncc(F)c2c(C(=O)C(=O)N3CCN(C(=NC#N)c4ccccc4)C[C@@H]3C)c[nH]c12. The first-order chi connectivity index (χ1) is 17.9. The number of anilines is 1. The van der Waals surface area contributed by atoms with E-state index < -0.39 is 17.5 Å². The number of ketones is 1. The van der Waals surface area contributed by atoms with E-state index in [-0.39, 0.29) is 34.9 Å². The van der Waals surface area contributed by atoms with Gasteiger partial charge in [-0.15, -0.1) is 0 Å². The molecule has 4 rings (SSSR count). The maximum atomic E-state index is 14.8. The summed E-state index contributed by atoms with van der Waals surface area (Å²) in [7, 11) is 0. The maximum absolute atomic E-state index is 14.8. The van der Waals surface area contributed by atoms with Gasteiger partial charge < -0.3 is 14.8 Å². The molecule has 0 aliphatic carbocycles. The second-order valence-electron chi connectivity index (χ2n) is 8.29. The Morgan fingerprint density at radius 3 is 2.78 bits per heavy atom. The number of hydrogen-bond donors (Lipinski definition) is 2. The number of benzene rings is 1. The number of nitrogens with two attached hydrogens (primary N) is 1. The van der Waals surface area contributed by atoms with E-state index in [1.807, 2.05) is 41.4 Å². The lowest BCUT2D eigenvalue weighted by Gasteiger charge is -2.40. The van der Waals surface area contributed by atoms with Crippen LogP contribution in [0, 0.1) is 17.3 Å². The lowest BCUT2D eigenvalue weighted by Crippen LogP contribution is -2.57. The molecule has 1 atom stereocenters. The fourth-order valence-corrected chi connectivity index (χ4v) is 4.31. The van der Waals surface area contributed by atoms with Gasteiger partial charge in [0, 0.05) is 49.8 Å². The Hall–Kier alpha value is -4.89. The van der Waals surface area contributed by atoms with Crippen LogP contribution >= 0.6 is 0 Å². The minimum Gasteiger partial charge on any atom is -0.357 e. The highest BCUT2D eigenvalue weighted by atomic mass is 19.1. The number of H-pyrrole nitrogens is 1. The number of rotatable bonds is 6. The Bertz CT molecular complexity index is 1440. The van der Waals surface area contributed by atoms with Gasteiger partial charge in [0.25, 0.3) is 11.7 Å². The van der Waals surface area contributed by atoms with E-state index in [2.05, 4.69) is 26.7 Å². The number of amides is 1. The van der Waals surface area contributed by atoms with Crippen LogP contribution in [0.25, 0.3) is 10.9 Å². The molecule has 1 aliphatic rings. The van der Waals surface area contributed by atoms with Crippen molar-refractivity contribution in [3.63, 3.8) is 0 Å². The van der Waals surface area contributed by atoms with Crippen LogP contribution in [0.5, 0.6) is 0 Å². The van der Waals surface area contributed by atoms with Crippen LogP contribution < -0.4 is 10.9 Å². The van der Waals surface area contributed by atoms with Crippen molar-refractivity contribution in [3.8, 4) is 6.19 Å². The average molecular weight is 502 g/mol. The summed E-state index contributed by atoms with van der Waals surface area (Å²) in [5, 5.41) is 10.2. The molecule has 188 valence electrons. The number of carbonyl (C=O) groups excluding carboxylic acids is 2. The number of aromatic nitrogens is 2. The van der Waals surface area contributed by atoms with E-state index in [0.29, 0.717) is 18.9 Å². The molecular formula is C25H24FN9O2. The number of nitrogens with zero attached hydrogens (tertiary/aromatic N) is 7. The number of aliphatic imine (C=N–C) groups is 2. The third-order valence-electron chi connectivity index (χ3n) is 6.03. The molecule has 37 heavy (non-hydrogen) atoms. The third kappa shape index (κ3) is 4.93. The quantitative estimate of drug-likeness (QED) is 0.100. The smallest absolute Gasteiger partial charge is 0.295 e. The Balaban J connectivity index is 1.57. The predicted octanol–water partition coefficient (Wildman–Crippen LogP) is 2.20. The summed E-state index contributed by atoms with van der Waals surface area (Å²) in [6, 6.07) is 8.89. The molecule has 1 fully saturated rings. The van der Waals surface area contributed by atoms with Crippen molar-refractivity contribution in [1.29, 1.82) is 5.26 Å². The van der Waals surface area contributed by atoms with Crippen LogP contribution in [-0.2, 0) is 4.79 Å². The number of nitrogens with one attached hydrogen (secondary N) is 1. The Kier molecular flexibility index (Phi) is 7.36. The molecule has 3 aromatic rings. The van der Waals surface area contributed by atoms with Crippen molar-refractivity contribution in [2.24, 2.45) is 15.8 Å². The number of fused-ring (bicyclic) bond motifs is 1. The fourth-order valence-electron chi connectivity index (χ4n) is 4.31. The first-order valence-electron chi connectivity index (χ1n) is 11.3. The minimum absolute atomic E-state index is 0.0856. The van der Waals surface area contributed by atoms with Gasteiger partial charge in [0.05, 0.1) is 22.7 Å². The molecule has 2 aromatic heterocycles. The van der Waals surface area contributed by atoms with E-state index in [9.17, 15) is 19.2 Å². The zero-order valence-corrected chi connectivity index (χ0v) is 20.0. The minimum atomic E-state index is -0.858. The van der Waals surface area contributed by atoms with Crippen LogP contribution in [0.1, 0.15) is 22.8 Å². The first-order valence-corrected chi connectivity index (χ1v) is 11.3. The number of aromatic amines is 1. The van der Waals surface area contributed by atoms with Gasteiger partial charge in [-0.1, -0.05) is 30.3 Å². The Morgan fingerprint density at radius 1 is 1.35 bits per heavy atom. The van der Waals surface area contributed by atoms with Crippen molar-refractivity contribution in [2.45, 2.75) is 13.0 Å². The monoisotopic (exact) mass is 501 g/mol. The highest BCUT2D eigenvalue weighted by Gasteiger charge is 2.34. The molecule has 0 spiro atoms. The lowest BCUT2D eigenvalue weighted by molar-refractivity contribution is -0.130. The summed E-state index contributed by atoms with van der Waals surface area (Å²) < 4.78 is 14.8. The molecule has 0 bridgehead atoms. The topological polar surface area (TPSA) is 147 Å². The van der Waals surface area contributed by atoms with Gasteiger partial charge in [-0.05, 0) is 13.6 Å². The molecule has 0 unspecified atom stereocenters. The number of Topliss-reactive ketones (excluding diaryl/α,β-unsaturated/α-hetero) is 1. The van der Waals surface area contributed by atoms with Crippen LogP contribution in [0.15, 0.2) is 65.1 Å². The van der Waals surface area contributed by atoms with Crippen molar-refractivity contribution in [2.75, 3.05) is 24.6 Å². The maximum Gasteiger partial charge on any atom is 0.295 e. The second kappa shape index (κ2) is 10.8. The third-order valence-corrected chi connectivity index (χ3v) is 6.03. The Morgan fingerprint density at radius 2 is 2.11 bits per heavy atom. The summed E-state index contributed by atoms with van der Waals surface area (Å²) in [4.78, 5) is 44.2. The number of carbonyl (C=O) groups is 2. The highest BCUT2D eigenvalue weighted by molar-refractivity contribution is 6.45. The van der Waals surface area contributed by atoms with Crippen molar-refractivity contribution >= 4 is 41.0 Å². The molecule has 12 heteroatoms. The molecule has 0 saturated carbocycles. The van der Waals surface area contributed by atoms with Gasteiger partial charge >= 0.3 is 0 Å². The zero-order valence-electron chi connectivity index (χ0n) is 20.0. The molecule has 3 N–H and O–H groups in total. The molecule has 3 heterocycles. The summed E-state index contributed by atoms with van der Waals surface area (Å²) in [5.74, 6) is 4.18. The summed E-state index contributed by atoms with van der Waals surface area (Å²) in [5.41, 5.74) is 0.815. The highest BCUT2D eigenvalue weighted by Crippen LogP contribution is 2.29. The lowest BCUT2D eigenvalue weighted by atomic mass is 10.1. The molecule has 1 aromatic carbocycles. The van der Waals surface area contributed by atoms with E-state index in [4.69, 9.17) is 5.84 Å². The van der Waals surface area contributed by atoms with E-state index in [1.165, 1.54) is 23.5 Å². The van der Waals surface area contributed by atoms with Crippen molar-refractivity contribution in [3.05, 3.63) is 72.1 Å². The number of halogens is 1. The largest absolute Gasteiger partial charge is 0.357 e. The summed E-state index contributed by atoms with van der Waals surface area (Å²) in [6.45, 7) is 6.06. The summed E-state index contributed by atoms with van der Waals surface area (Å²) in [6.07, 6.45) is 6.73. The number of nitriles is 1. The standard InChI is InChI=1S/C25H24FN9O2/c1-16-14-33(23(32-15-27)17-6-4-3-5-7-17)10-11-34(16)25(37)22(36)18-12-30-21-20(18)19(26)13-31-24(21)35(28)9-8-29-2/h3-9,12-13,16,30H,2,10-11,14,28H2,1H3/b9-8-,32-23?/t16-/m0/s1.